The first-order valence-electron chi connectivity index (χ1n) is 6.27. The Morgan fingerprint density at radius 1 is 1.43 bits per heavy atom. The highest BCUT2D eigenvalue weighted by molar-refractivity contribution is 9.10. The van der Waals surface area contributed by atoms with Crippen LogP contribution in [0.15, 0.2) is 34.0 Å². The average molecular weight is 374 g/mol. The molecule has 0 amide bonds. The van der Waals surface area contributed by atoms with Crippen molar-refractivity contribution >= 4 is 26.0 Å². The second-order valence-electron chi connectivity index (χ2n) is 4.55. The number of primary sulfonamides is 1. The molecule has 2 aromatic rings. The molecule has 114 valence electrons. The van der Waals surface area contributed by atoms with E-state index in [0.717, 1.165) is 12.2 Å². The minimum absolute atomic E-state index is 0.0306. The van der Waals surface area contributed by atoms with Crippen LogP contribution in [0.1, 0.15) is 18.2 Å². The lowest BCUT2D eigenvalue weighted by molar-refractivity contribution is 0.285. The van der Waals surface area contributed by atoms with Crippen molar-refractivity contribution < 1.29 is 13.2 Å². The van der Waals surface area contributed by atoms with Crippen LogP contribution < -0.4 is 9.88 Å². The molecular weight excluding hydrogens is 358 g/mol. The summed E-state index contributed by atoms with van der Waals surface area (Å²) in [6, 6.07) is 3.22. The first-order chi connectivity index (χ1) is 9.82. The summed E-state index contributed by atoms with van der Waals surface area (Å²) in [5.74, 6) is 0.268. The van der Waals surface area contributed by atoms with Crippen LogP contribution in [0.4, 0.5) is 0 Å². The SMILES string of the molecule is CCn1cncc1COc1c(C)cc(Br)cc1S(N)(=O)=O. The number of hydrogen-bond donors (Lipinski definition) is 1. The summed E-state index contributed by atoms with van der Waals surface area (Å²) in [4.78, 5) is 4.01. The average Bonchev–Trinajstić information content (AvgIpc) is 2.83. The summed E-state index contributed by atoms with van der Waals surface area (Å²) < 4.78 is 31.7. The van der Waals surface area contributed by atoms with Crippen LogP contribution in [0.25, 0.3) is 0 Å². The molecule has 0 bridgehead atoms. The third-order valence-electron chi connectivity index (χ3n) is 3.02. The van der Waals surface area contributed by atoms with Gasteiger partial charge in [-0.25, -0.2) is 18.5 Å². The van der Waals surface area contributed by atoms with Crippen molar-refractivity contribution in [1.29, 1.82) is 0 Å². The molecule has 1 heterocycles. The van der Waals surface area contributed by atoms with Gasteiger partial charge in [-0.05, 0) is 31.5 Å². The number of benzene rings is 1. The van der Waals surface area contributed by atoms with E-state index in [9.17, 15) is 8.42 Å². The Kier molecular flexibility index (Phi) is 4.70. The molecule has 0 saturated heterocycles. The summed E-state index contributed by atoms with van der Waals surface area (Å²) in [6.45, 7) is 4.75. The van der Waals surface area contributed by atoms with Gasteiger partial charge in [0.25, 0.3) is 0 Å². The van der Waals surface area contributed by atoms with E-state index in [4.69, 9.17) is 9.88 Å². The molecular formula is C13H16BrN3O3S. The van der Waals surface area contributed by atoms with Crippen LogP contribution in [0, 0.1) is 6.92 Å². The van der Waals surface area contributed by atoms with Gasteiger partial charge in [-0.1, -0.05) is 15.9 Å². The van der Waals surface area contributed by atoms with E-state index in [1.54, 1.807) is 25.5 Å². The Hall–Kier alpha value is -1.38. The van der Waals surface area contributed by atoms with Gasteiger partial charge in [0, 0.05) is 11.0 Å². The predicted octanol–water partition coefficient (Wildman–Crippen LogP) is 2.20. The van der Waals surface area contributed by atoms with Gasteiger partial charge in [0.1, 0.15) is 17.3 Å². The minimum atomic E-state index is -3.86. The molecule has 0 aliphatic carbocycles. The smallest absolute Gasteiger partial charge is 0.241 e. The third kappa shape index (κ3) is 3.63. The molecule has 21 heavy (non-hydrogen) atoms. The molecule has 2 N–H and O–H groups in total. The molecule has 0 spiro atoms. The molecule has 0 radical (unpaired) electrons. The van der Waals surface area contributed by atoms with E-state index >= 15 is 0 Å². The zero-order chi connectivity index (χ0) is 15.6. The van der Waals surface area contributed by atoms with Crippen LogP contribution in [-0.4, -0.2) is 18.0 Å². The number of halogens is 1. The summed E-state index contributed by atoms with van der Waals surface area (Å²) in [7, 11) is -3.86. The Morgan fingerprint density at radius 2 is 2.14 bits per heavy atom. The number of aryl methyl sites for hydroxylation is 2. The molecule has 2 rings (SSSR count). The van der Waals surface area contributed by atoms with Gasteiger partial charge in [-0.2, -0.15) is 0 Å². The highest BCUT2D eigenvalue weighted by atomic mass is 79.9. The Bertz CT molecular complexity index is 756. The van der Waals surface area contributed by atoms with Gasteiger partial charge in [0.05, 0.1) is 18.2 Å². The maximum Gasteiger partial charge on any atom is 0.241 e. The molecule has 0 aliphatic heterocycles. The lowest BCUT2D eigenvalue weighted by Crippen LogP contribution is -2.15. The first kappa shape index (κ1) is 16.0. The number of hydrogen-bond acceptors (Lipinski definition) is 4. The quantitative estimate of drug-likeness (QED) is 0.869. The molecule has 0 atom stereocenters. The largest absolute Gasteiger partial charge is 0.486 e. The van der Waals surface area contributed by atoms with Crippen molar-refractivity contribution in [2.24, 2.45) is 5.14 Å². The summed E-state index contributed by atoms with van der Waals surface area (Å²) >= 11 is 3.26. The highest BCUT2D eigenvalue weighted by Crippen LogP contribution is 2.31. The van der Waals surface area contributed by atoms with Crippen LogP contribution in [0.5, 0.6) is 5.75 Å². The molecule has 6 nitrogen and oxygen atoms in total. The Labute approximate surface area is 132 Å². The van der Waals surface area contributed by atoms with E-state index < -0.39 is 10.0 Å². The number of rotatable bonds is 5. The maximum absolute atomic E-state index is 11.7. The second-order valence-corrected chi connectivity index (χ2v) is 7.00. The topological polar surface area (TPSA) is 87.2 Å². The van der Waals surface area contributed by atoms with Crippen LogP contribution in [-0.2, 0) is 23.2 Å². The number of imidazole rings is 1. The van der Waals surface area contributed by atoms with Gasteiger partial charge in [-0.3, -0.25) is 0 Å². The molecule has 0 saturated carbocycles. The normalized spacial score (nSPS) is 11.6. The van der Waals surface area contributed by atoms with Crippen molar-refractivity contribution in [3.63, 3.8) is 0 Å². The number of ether oxygens (including phenoxy) is 1. The Balaban J connectivity index is 2.36. The van der Waals surface area contributed by atoms with E-state index in [1.165, 1.54) is 6.07 Å². The summed E-state index contributed by atoms with van der Waals surface area (Å²) in [5, 5.41) is 5.25. The third-order valence-corrected chi connectivity index (χ3v) is 4.39. The van der Waals surface area contributed by atoms with Crippen LogP contribution in [0.3, 0.4) is 0 Å². The summed E-state index contributed by atoms with van der Waals surface area (Å²) in [5.41, 5.74) is 1.55. The van der Waals surface area contributed by atoms with E-state index in [0.29, 0.717) is 10.0 Å². The molecule has 1 aromatic heterocycles. The number of nitrogens with two attached hydrogens (primary N) is 1. The van der Waals surface area contributed by atoms with E-state index in [2.05, 4.69) is 20.9 Å². The minimum Gasteiger partial charge on any atom is -0.486 e. The monoisotopic (exact) mass is 373 g/mol. The van der Waals surface area contributed by atoms with Gasteiger partial charge in [0.2, 0.25) is 10.0 Å². The second kappa shape index (κ2) is 6.17. The van der Waals surface area contributed by atoms with Gasteiger partial charge in [0.15, 0.2) is 0 Å². The summed E-state index contributed by atoms with van der Waals surface area (Å²) in [6.07, 6.45) is 3.39. The first-order valence-corrected chi connectivity index (χ1v) is 8.61. The van der Waals surface area contributed by atoms with Crippen molar-refractivity contribution in [3.05, 3.63) is 40.4 Å². The zero-order valence-electron chi connectivity index (χ0n) is 11.7. The predicted molar refractivity (Wildman–Crippen MR) is 82.5 cm³/mol. The van der Waals surface area contributed by atoms with Crippen molar-refractivity contribution in [3.8, 4) is 5.75 Å². The standard InChI is InChI=1S/C13H16BrN3O3S/c1-3-17-8-16-6-11(17)7-20-13-9(2)4-10(14)5-12(13)21(15,18)19/h4-6,8H,3,7H2,1-2H3,(H2,15,18,19). The van der Waals surface area contributed by atoms with Gasteiger partial charge in [-0.15, -0.1) is 0 Å². The van der Waals surface area contributed by atoms with Gasteiger partial charge >= 0.3 is 0 Å². The van der Waals surface area contributed by atoms with Crippen molar-refractivity contribution in [2.45, 2.75) is 31.9 Å². The Morgan fingerprint density at radius 3 is 2.76 bits per heavy atom. The number of sulfonamides is 1. The fourth-order valence-corrected chi connectivity index (χ4v) is 3.49. The van der Waals surface area contributed by atoms with E-state index in [-0.39, 0.29) is 17.3 Å². The zero-order valence-corrected chi connectivity index (χ0v) is 14.1. The molecule has 0 unspecified atom stereocenters. The maximum atomic E-state index is 11.7. The lowest BCUT2D eigenvalue weighted by atomic mass is 10.2. The van der Waals surface area contributed by atoms with Crippen molar-refractivity contribution in [2.75, 3.05) is 0 Å². The van der Waals surface area contributed by atoms with Crippen LogP contribution in [0.2, 0.25) is 0 Å². The van der Waals surface area contributed by atoms with E-state index in [1.807, 2.05) is 11.5 Å². The number of aromatic nitrogens is 2. The number of nitrogens with zero attached hydrogens (tertiary/aromatic N) is 2. The molecule has 0 aliphatic rings. The van der Waals surface area contributed by atoms with Crippen molar-refractivity contribution in [1.82, 2.24) is 9.55 Å². The van der Waals surface area contributed by atoms with Crippen LogP contribution >= 0.6 is 15.9 Å². The molecule has 1 aromatic carbocycles. The molecule has 8 heteroatoms. The highest BCUT2D eigenvalue weighted by Gasteiger charge is 2.19. The van der Waals surface area contributed by atoms with Gasteiger partial charge < -0.3 is 9.30 Å². The fourth-order valence-electron chi connectivity index (χ4n) is 1.99. The lowest BCUT2D eigenvalue weighted by Gasteiger charge is -2.14. The molecule has 0 fully saturated rings. The fraction of sp³-hybridized carbons (Fsp3) is 0.308.